The summed E-state index contributed by atoms with van der Waals surface area (Å²) >= 11 is 12.2. The molecule has 1 aromatic heterocycles. The van der Waals surface area contributed by atoms with Crippen LogP contribution in [0.4, 0.5) is 10.5 Å². The molecule has 12 heteroatoms. The van der Waals surface area contributed by atoms with Crippen molar-refractivity contribution in [1.29, 1.82) is 0 Å². The van der Waals surface area contributed by atoms with Crippen molar-refractivity contribution in [3.63, 3.8) is 0 Å². The molecule has 0 spiro atoms. The third-order valence-corrected chi connectivity index (χ3v) is 5.62. The quantitative estimate of drug-likeness (QED) is 0.138. The Labute approximate surface area is 236 Å². The van der Waals surface area contributed by atoms with Crippen molar-refractivity contribution in [2.75, 3.05) is 12.3 Å². The lowest BCUT2D eigenvalue weighted by molar-refractivity contribution is 0.0561. The summed E-state index contributed by atoms with van der Waals surface area (Å²) in [5.41, 5.74) is 6.93. The summed E-state index contributed by atoms with van der Waals surface area (Å²) in [4.78, 5) is 30.2. The molecular weight excluding hydrogens is 545 g/mol. The number of alkyl carbamates (subject to hydrolysis) is 1. The highest BCUT2D eigenvalue weighted by Gasteiger charge is 2.24. The van der Waals surface area contributed by atoms with Gasteiger partial charge in [-0.25, -0.2) is 9.79 Å². The number of aromatic nitrogens is 1. The van der Waals surface area contributed by atoms with Crippen LogP contribution in [-0.4, -0.2) is 35.3 Å². The molecule has 0 radical (unpaired) electrons. The van der Waals surface area contributed by atoms with Gasteiger partial charge in [0.15, 0.2) is 0 Å². The Morgan fingerprint density at radius 1 is 1.15 bits per heavy atom. The van der Waals surface area contributed by atoms with E-state index in [0.29, 0.717) is 29.2 Å². The largest absolute Gasteiger partial charge is 0.490 e. The van der Waals surface area contributed by atoms with Gasteiger partial charge in [0.1, 0.15) is 35.0 Å². The number of nitrogen functional groups attached to an aromatic ring is 1. The van der Waals surface area contributed by atoms with E-state index in [2.05, 4.69) is 27.4 Å². The van der Waals surface area contributed by atoms with E-state index in [1.807, 2.05) is 0 Å². The van der Waals surface area contributed by atoms with Crippen molar-refractivity contribution in [3.8, 4) is 17.0 Å². The van der Waals surface area contributed by atoms with Gasteiger partial charge in [-0.1, -0.05) is 41.0 Å². The van der Waals surface area contributed by atoms with Crippen molar-refractivity contribution in [1.82, 2.24) is 15.8 Å². The number of benzene rings is 2. The first-order valence-corrected chi connectivity index (χ1v) is 12.5. The van der Waals surface area contributed by atoms with Crippen LogP contribution in [0.2, 0.25) is 10.0 Å². The summed E-state index contributed by atoms with van der Waals surface area (Å²) in [5.74, 6) is 0.115. The van der Waals surface area contributed by atoms with Crippen LogP contribution in [0.5, 0.6) is 5.75 Å². The number of aryl methyl sites for hydroxylation is 1. The number of anilines is 1. The van der Waals surface area contributed by atoms with E-state index in [9.17, 15) is 9.59 Å². The van der Waals surface area contributed by atoms with E-state index in [-0.39, 0.29) is 39.6 Å². The van der Waals surface area contributed by atoms with Gasteiger partial charge in [-0.15, -0.1) is 0 Å². The highest BCUT2D eigenvalue weighted by molar-refractivity contribution is 6.38. The summed E-state index contributed by atoms with van der Waals surface area (Å²) in [7, 11) is 0. The van der Waals surface area contributed by atoms with Gasteiger partial charge in [-0.3, -0.25) is 15.4 Å². The molecule has 0 aliphatic rings. The number of amides is 2. The molecular formula is C27H29Cl2N5O5. The van der Waals surface area contributed by atoms with Crippen LogP contribution in [-0.2, 0) is 11.3 Å². The topological polar surface area (TPSA) is 141 Å². The number of carbonyl (C=O) groups excluding carboxylic acids is 2. The second kappa shape index (κ2) is 12.7. The number of hydrogen-bond donors (Lipinski definition) is 3. The Balaban J connectivity index is 1.88. The zero-order chi connectivity index (χ0) is 28.7. The number of aliphatic imine (C=N–C) groups is 1. The minimum absolute atomic E-state index is 0.00672. The fraction of sp³-hybridized carbons (Fsp3) is 0.259. The Hall–Kier alpha value is -4.02. The number of hydrogen-bond acceptors (Lipinski definition) is 8. The van der Waals surface area contributed by atoms with Crippen LogP contribution in [0.3, 0.4) is 0 Å². The van der Waals surface area contributed by atoms with Crippen molar-refractivity contribution in [3.05, 3.63) is 76.0 Å². The lowest BCUT2D eigenvalue weighted by Crippen LogP contribution is -2.46. The number of halogens is 2. The number of carbonyl (C=O) groups is 2. The molecule has 10 nitrogen and oxygen atoms in total. The monoisotopic (exact) mass is 573 g/mol. The Bertz CT molecular complexity index is 1370. The molecule has 0 fully saturated rings. The van der Waals surface area contributed by atoms with Gasteiger partial charge in [0.2, 0.25) is 5.96 Å². The van der Waals surface area contributed by atoms with Gasteiger partial charge in [0.25, 0.3) is 5.91 Å². The zero-order valence-electron chi connectivity index (χ0n) is 21.9. The van der Waals surface area contributed by atoms with Gasteiger partial charge in [0, 0.05) is 5.56 Å². The maximum Gasteiger partial charge on any atom is 0.414 e. The first kappa shape index (κ1) is 29.5. The zero-order valence-corrected chi connectivity index (χ0v) is 23.4. The highest BCUT2D eigenvalue weighted by Crippen LogP contribution is 2.29. The van der Waals surface area contributed by atoms with E-state index < -0.39 is 17.6 Å². The number of nitrogens with zero attached hydrogens (tertiary/aromatic N) is 2. The van der Waals surface area contributed by atoms with Crippen LogP contribution in [0.1, 0.15) is 42.5 Å². The summed E-state index contributed by atoms with van der Waals surface area (Å²) < 4.78 is 16.1. The molecule has 0 atom stereocenters. The first-order chi connectivity index (χ1) is 18.4. The van der Waals surface area contributed by atoms with Gasteiger partial charge < -0.3 is 19.7 Å². The Kier molecular flexibility index (Phi) is 9.61. The average molecular weight is 574 g/mol. The van der Waals surface area contributed by atoms with E-state index in [4.69, 9.17) is 42.9 Å². The summed E-state index contributed by atoms with van der Waals surface area (Å²) in [5, 5.41) is 9.64. The number of guanidine groups is 1. The maximum absolute atomic E-state index is 13.4. The summed E-state index contributed by atoms with van der Waals surface area (Å²) in [6.07, 6.45) is 0.824. The molecule has 1 heterocycles. The number of nitrogens with two attached hydrogens (primary N) is 1. The SMILES string of the molecule is C=CCOc1ccc(-c2noc(C)c2C(=O)NC(=NCc2cc(Cl)c(N)c(Cl)c2)NC(=O)OC(C)(C)C)cc1. The molecule has 0 unspecified atom stereocenters. The molecule has 4 N–H and O–H groups in total. The molecule has 206 valence electrons. The van der Waals surface area contributed by atoms with Crippen LogP contribution in [0.25, 0.3) is 11.3 Å². The Morgan fingerprint density at radius 2 is 1.79 bits per heavy atom. The molecule has 0 saturated heterocycles. The molecule has 2 amide bonds. The van der Waals surface area contributed by atoms with E-state index >= 15 is 0 Å². The number of ether oxygens (including phenoxy) is 2. The molecule has 39 heavy (non-hydrogen) atoms. The van der Waals surface area contributed by atoms with Crippen LogP contribution in [0, 0.1) is 6.92 Å². The van der Waals surface area contributed by atoms with E-state index in [1.165, 1.54) is 0 Å². The fourth-order valence-corrected chi connectivity index (χ4v) is 3.81. The fourth-order valence-electron chi connectivity index (χ4n) is 3.28. The minimum Gasteiger partial charge on any atom is -0.490 e. The van der Waals surface area contributed by atoms with Crippen LogP contribution >= 0.6 is 23.2 Å². The average Bonchev–Trinajstić information content (AvgIpc) is 3.25. The van der Waals surface area contributed by atoms with E-state index in [0.717, 1.165) is 0 Å². The van der Waals surface area contributed by atoms with Gasteiger partial charge >= 0.3 is 6.09 Å². The number of rotatable bonds is 7. The maximum atomic E-state index is 13.4. The minimum atomic E-state index is -0.813. The second-order valence-electron chi connectivity index (χ2n) is 9.31. The van der Waals surface area contributed by atoms with Gasteiger partial charge in [0.05, 0.1) is 22.3 Å². The van der Waals surface area contributed by atoms with Crippen molar-refractivity contribution >= 4 is 46.8 Å². The van der Waals surface area contributed by atoms with Gasteiger partial charge in [-0.2, -0.15) is 0 Å². The molecule has 0 aliphatic carbocycles. The predicted molar refractivity (Wildman–Crippen MR) is 151 cm³/mol. The van der Waals surface area contributed by atoms with Crippen molar-refractivity contribution in [2.24, 2.45) is 4.99 Å². The standard InChI is InChI=1S/C27H29Cl2N5O5/c1-6-11-37-18-9-7-17(8-10-18)23-21(15(2)39-34-23)24(35)32-25(33-26(36)38-27(3,4)5)31-14-16-12-19(28)22(30)20(29)13-16/h6-10,12-13H,1,11,14,30H2,2-5H3,(H2,31,32,33,35,36). The third kappa shape index (κ3) is 8.23. The summed E-state index contributed by atoms with van der Waals surface area (Å²) in [6.45, 7) is 10.7. The highest BCUT2D eigenvalue weighted by atomic mass is 35.5. The molecule has 3 rings (SSSR count). The molecule has 3 aromatic rings. The summed E-state index contributed by atoms with van der Waals surface area (Å²) in [6, 6.07) is 10.1. The lowest BCUT2D eigenvalue weighted by atomic mass is 10.1. The van der Waals surface area contributed by atoms with Gasteiger partial charge in [-0.05, 0) is 69.7 Å². The van der Waals surface area contributed by atoms with Crippen LogP contribution in [0.15, 0.2) is 58.6 Å². The second-order valence-corrected chi connectivity index (χ2v) is 10.1. The first-order valence-electron chi connectivity index (χ1n) is 11.8. The predicted octanol–water partition coefficient (Wildman–Crippen LogP) is 5.91. The third-order valence-electron chi connectivity index (χ3n) is 5.00. The lowest BCUT2D eigenvalue weighted by Gasteiger charge is -2.20. The number of nitrogens with one attached hydrogen (secondary N) is 2. The Morgan fingerprint density at radius 3 is 2.38 bits per heavy atom. The molecule has 0 saturated carbocycles. The normalized spacial score (nSPS) is 11.6. The molecule has 2 aromatic carbocycles. The van der Waals surface area contributed by atoms with E-state index in [1.54, 1.807) is 70.2 Å². The molecule has 0 bridgehead atoms. The van der Waals surface area contributed by atoms with Crippen molar-refractivity contribution < 1.29 is 23.6 Å². The van der Waals surface area contributed by atoms with Crippen molar-refractivity contribution in [2.45, 2.75) is 39.8 Å². The smallest absolute Gasteiger partial charge is 0.414 e. The molecule has 0 aliphatic heterocycles. The van der Waals surface area contributed by atoms with Crippen LogP contribution < -0.4 is 21.1 Å².